The third-order valence-electron chi connectivity index (χ3n) is 7.70. The number of para-hydroxylation sites is 1. The summed E-state index contributed by atoms with van der Waals surface area (Å²) in [6.45, 7) is 2.53. The molecule has 2 atom stereocenters. The summed E-state index contributed by atoms with van der Waals surface area (Å²) in [6, 6.07) is 22.8. The van der Waals surface area contributed by atoms with Gasteiger partial charge in [0, 0.05) is 34.4 Å². The summed E-state index contributed by atoms with van der Waals surface area (Å²) < 4.78 is 15.2. The van der Waals surface area contributed by atoms with Crippen molar-refractivity contribution in [1.29, 1.82) is 0 Å². The zero-order valence-electron chi connectivity index (χ0n) is 19.8. The number of aromatic nitrogens is 1. The SMILES string of the molecule is C[C@]12C(=O)N(CCc3ccccc3F)CC(=O)N1C[C@@H](c1ccc(Br)cc1)c1c2[nH]c2ccccc12. The third kappa shape index (κ3) is 3.48. The summed E-state index contributed by atoms with van der Waals surface area (Å²) in [5.74, 6) is -0.606. The fourth-order valence-electron chi connectivity index (χ4n) is 5.81. The summed E-state index contributed by atoms with van der Waals surface area (Å²) >= 11 is 3.51. The highest BCUT2D eigenvalue weighted by Gasteiger charge is 2.56. The number of piperazine rings is 1. The highest BCUT2D eigenvalue weighted by molar-refractivity contribution is 9.10. The van der Waals surface area contributed by atoms with Crippen molar-refractivity contribution in [2.75, 3.05) is 19.6 Å². The Kier molecular flexibility index (Phi) is 5.48. The average Bonchev–Trinajstić information content (AvgIpc) is 3.28. The zero-order valence-corrected chi connectivity index (χ0v) is 21.4. The quantitative estimate of drug-likeness (QED) is 0.376. The van der Waals surface area contributed by atoms with Gasteiger partial charge in [-0.15, -0.1) is 0 Å². The lowest BCUT2D eigenvalue weighted by atomic mass is 9.76. The number of carbonyl (C=O) groups is 2. The summed E-state index contributed by atoms with van der Waals surface area (Å²) in [5.41, 5.74) is 3.23. The molecule has 3 aromatic carbocycles. The Morgan fingerprint density at radius 1 is 1.03 bits per heavy atom. The van der Waals surface area contributed by atoms with E-state index < -0.39 is 5.54 Å². The van der Waals surface area contributed by atoms with Crippen LogP contribution >= 0.6 is 15.9 Å². The van der Waals surface area contributed by atoms with Crippen LogP contribution in [0.1, 0.15) is 35.2 Å². The highest BCUT2D eigenvalue weighted by atomic mass is 79.9. The van der Waals surface area contributed by atoms with Crippen molar-refractivity contribution in [2.24, 2.45) is 0 Å². The van der Waals surface area contributed by atoms with E-state index in [1.165, 1.54) is 6.07 Å². The first kappa shape index (κ1) is 23.0. The first-order valence-electron chi connectivity index (χ1n) is 12.1. The lowest BCUT2D eigenvalue weighted by Crippen LogP contribution is -2.67. The minimum Gasteiger partial charge on any atom is -0.356 e. The number of nitrogens with one attached hydrogen (secondary N) is 1. The van der Waals surface area contributed by atoms with Crippen molar-refractivity contribution >= 4 is 38.6 Å². The number of halogens is 2. The van der Waals surface area contributed by atoms with Crippen LogP contribution in [0.5, 0.6) is 0 Å². The van der Waals surface area contributed by atoms with E-state index in [2.05, 4.69) is 39.1 Å². The van der Waals surface area contributed by atoms with E-state index in [0.717, 1.165) is 32.2 Å². The first-order chi connectivity index (χ1) is 17.4. The van der Waals surface area contributed by atoms with Gasteiger partial charge in [-0.25, -0.2) is 4.39 Å². The summed E-state index contributed by atoms with van der Waals surface area (Å²) in [7, 11) is 0. The number of hydrogen-bond acceptors (Lipinski definition) is 2. The molecule has 0 saturated carbocycles. The van der Waals surface area contributed by atoms with Crippen molar-refractivity contribution in [3.05, 3.63) is 105 Å². The molecule has 1 saturated heterocycles. The molecule has 0 radical (unpaired) electrons. The molecule has 4 aromatic rings. The van der Waals surface area contributed by atoms with E-state index in [-0.39, 0.29) is 36.6 Å². The Labute approximate surface area is 217 Å². The number of nitrogens with zero attached hydrogens (tertiary/aromatic N) is 2. The molecule has 1 aromatic heterocycles. The molecular weight excluding hydrogens is 521 g/mol. The van der Waals surface area contributed by atoms with E-state index in [1.807, 2.05) is 37.3 Å². The van der Waals surface area contributed by atoms with Gasteiger partial charge in [0.15, 0.2) is 5.54 Å². The molecule has 1 N–H and O–H groups in total. The van der Waals surface area contributed by atoms with E-state index in [4.69, 9.17) is 0 Å². The molecule has 6 rings (SSSR count). The Balaban J connectivity index is 1.44. The van der Waals surface area contributed by atoms with E-state index in [0.29, 0.717) is 18.5 Å². The maximum Gasteiger partial charge on any atom is 0.254 e. The highest BCUT2D eigenvalue weighted by Crippen LogP contribution is 2.48. The molecule has 0 aliphatic carbocycles. The predicted molar refractivity (Wildman–Crippen MR) is 140 cm³/mol. The summed E-state index contributed by atoms with van der Waals surface area (Å²) in [5, 5.41) is 1.06. The Hall–Kier alpha value is -3.45. The number of rotatable bonds is 4. The van der Waals surface area contributed by atoms with Crippen LogP contribution in [-0.2, 0) is 21.5 Å². The lowest BCUT2D eigenvalue weighted by Gasteiger charge is -2.51. The molecule has 0 bridgehead atoms. The van der Waals surface area contributed by atoms with Crippen LogP contribution in [0.3, 0.4) is 0 Å². The van der Waals surface area contributed by atoms with E-state index >= 15 is 0 Å². The van der Waals surface area contributed by atoms with Crippen LogP contribution in [0.25, 0.3) is 10.9 Å². The average molecular weight is 546 g/mol. The standard InChI is InChI=1S/C29H25BrFN3O2/c1-29-27-26(21-7-3-5-9-24(21)32-27)22(18-10-12-20(30)13-11-18)16-34(29)25(35)17-33(28(29)36)15-14-19-6-2-4-8-23(19)31/h2-13,22,32H,14-17H2,1H3/t22-,29-/m0/s1. The molecular formula is C29H25BrFN3O2. The van der Waals surface area contributed by atoms with E-state index in [9.17, 15) is 14.0 Å². The van der Waals surface area contributed by atoms with Gasteiger partial charge in [0.25, 0.3) is 5.91 Å². The van der Waals surface area contributed by atoms with Gasteiger partial charge in [-0.2, -0.15) is 0 Å². The topological polar surface area (TPSA) is 56.4 Å². The molecule has 0 unspecified atom stereocenters. The van der Waals surface area contributed by atoms with Crippen LogP contribution < -0.4 is 0 Å². The molecule has 3 heterocycles. The van der Waals surface area contributed by atoms with Gasteiger partial charge in [-0.05, 0) is 54.3 Å². The van der Waals surface area contributed by atoms with Crippen LogP contribution in [0.2, 0.25) is 0 Å². The number of fused-ring (bicyclic) bond motifs is 5. The number of aromatic amines is 1. The Bertz CT molecular complexity index is 1500. The second kappa shape index (κ2) is 8.59. The molecule has 5 nitrogen and oxygen atoms in total. The summed E-state index contributed by atoms with van der Waals surface area (Å²) in [6.07, 6.45) is 0.350. The van der Waals surface area contributed by atoms with Crippen molar-refractivity contribution in [3.8, 4) is 0 Å². The van der Waals surface area contributed by atoms with Crippen molar-refractivity contribution in [1.82, 2.24) is 14.8 Å². The Morgan fingerprint density at radius 3 is 2.53 bits per heavy atom. The number of benzene rings is 3. The van der Waals surface area contributed by atoms with Gasteiger partial charge < -0.3 is 14.8 Å². The van der Waals surface area contributed by atoms with Gasteiger partial charge in [-0.3, -0.25) is 9.59 Å². The minimum absolute atomic E-state index is 0.00844. The normalized spacial score (nSPS) is 21.6. The van der Waals surface area contributed by atoms with Gasteiger partial charge >= 0.3 is 0 Å². The predicted octanol–water partition coefficient (Wildman–Crippen LogP) is 5.34. The van der Waals surface area contributed by atoms with Crippen LogP contribution in [0.15, 0.2) is 77.3 Å². The molecule has 2 aliphatic heterocycles. The molecule has 2 aliphatic rings. The van der Waals surface area contributed by atoms with Crippen molar-refractivity contribution in [2.45, 2.75) is 24.8 Å². The fraction of sp³-hybridized carbons (Fsp3) is 0.241. The molecule has 7 heteroatoms. The number of carbonyl (C=O) groups excluding carboxylic acids is 2. The van der Waals surface area contributed by atoms with Crippen LogP contribution in [-0.4, -0.2) is 46.2 Å². The number of amides is 2. The minimum atomic E-state index is -1.16. The molecule has 0 spiro atoms. The van der Waals surface area contributed by atoms with Gasteiger partial charge in [-0.1, -0.05) is 64.5 Å². The molecule has 36 heavy (non-hydrogen) atoms. The number of hydrogen-bond donors (Lipinski definition) is 1. The monoisotopic (exact) mass is 545 g/mol. The zero-order chi connectivity index (χ0) is 25.0. The van der Waals surface area contributed by atoms with Gasteiger partial charge in [0.2, 0.25) is 5.91 Å². The summed E-state index contributed by atoms with van der Waals surface area (Å²) in [4.78, 5) is 34.5. The van der Waals surface area contributed by atoms with Crippen LogP contribution in [0, 0.1) is 5.82 Å². The lowest BCUT2D eigenvalue weighted by molar-refractivity contribution is -0.166. The maximum absolute atomic E-state index is 14.2. The van der Waals surface area contributed by atoms with Crippen molar-refractivity contribution in [3.63, 3.8) is 0 Å². The van der Waals surface area contributed by atoms with Crippen molar-refractivity contribution < 1.29 is 14.0 Å². The second-order valence-electron chi connectivity index (χ2n) is 9.71. The maximum atomic E-state index is 14.2. The first-order valence-corrected chi connectivity index (χ1v) is 12.9. The second-order valence-corrected chi connectivity index (χ2v) is 10.6. The largest absolute Gasteiger partial charge is 0.356 e. The molecule has 182 valence electrons. The van der Waals surface area contributed by atoms with E-state index in [1.54, 1.807) is 28.0 Å². The van der Waals surface area contributed by atoms with Gasteiger partial charge in [0.05, 0.1) is 12.2 Å². The van der Waals surface area contributed by atoms with Gasteiger partial charge in [0.1, 0.15) is 5.82 Å². The fourth-order valence-corrected chi connectivity index (χ4v) is 6.07. The molecule has 2 amide bonds. The third-order valence-corrected chi connectivity index (χ3v) is 8.23. The smallest absolute Gasteiger partial charge is 0.254 e. The molecule has 1 fully saturated rings. The van der Waals surface area contributed by atoms with Crippen LogP contribution in [0.4, 0.5) is 4.39 Å². The Morgan fingerprint density at radius 2 is 1.75 bits per heavy atom. The number of H-pyrrole nitrogens is 1.